The van der Waals surface area contributed by atoms with Crippen molar-refractivity contribution in [2.45, 2.75) is 32.6 Å². The van der Waals surface area contributed by atoms with Crippen molar-refractivity contribution in [2.24, 2.45) is 0 Å². The second kappa shape index (κ2) is 6.56. The number of nitrogens with zero attached hydrogens (tertiary/aromatic N) is 2. The van der Waals surface area contributed by atoms with Crippen LogP contribution >= 0.6 is 11.3 Å². The van der Waals surface area contributed by atoms with Gasteiger partial charge in [-0.3, -0.25) is 4.90 Å². The molecule has 1 aromatic carbocycles. The number of hydrogen-bond acceptors (Lipinski definition) is 5. The van der Waals surface area contributed by atoms with Crippen LogP contribution in [0.15, 0.2) is 35.7 Å². The molecule has 0 saturated carbocycles. The van der Waals surface area contributed by atoms with Crippen LogP contribution in [0.5, 0.6) is 0 Å². The van der Waals surface area contributed by atoms with Gasteiger partial charge in [-0.25, -0.2) is 4.98 Å². The van der Waals surface area contributed by atoms with E-state index in [-0.39, 0.29) is 0 Å². The van der Waals surface area contributed by atoms with Gasteiger partial charge < -0.3 is 10.1 Å². The Hall–Kier alpha value is -1.43. The molecule has 1 fully saturated rings. The van der Waals surface area contributed by atoms with Gasteiger partial charge in [0.2, 0.25) is 0 Å². The summed E-state index contributed by atoms with van der Waals surface area (Å²) >= 11 is 1.65. The molecule has 1 aliphatic heterocycles. The van der Waals surface area contributed by atoms with Crippen LogP contribution in [0.4, 0.5) is 10.8 Å². The van der Waals surface area contributed by atoms with Gasteiger partial charge in [0.15, 0.2) is 5.13 Å². The Balaban J connectivity index is 1.60. The Morgan fingerprint density at radius 3 is 2.67 bits per heavy atom. The van der Waals surface area contributed by atoms with E-state index < -0.39 is 0 Å². The molecular formula is C16H21N3OS. The molecule has 0 amide bonds. The summed E-state index contributed by atoms with van der Waals surface area (Å²) in [7, 11) is 0. The van der Waals surface area contributed by atoms with Crippen molar-refractivity contribution < 1.29 is 4.74 Å². The highest BCUT2D eigenvalue weighted by Crippen LogP contribution is 2.22. The van der Waals surface area contributed by atoms with E-state index in [0.717, 1.165) is 36.1 Å². The molecule has 1 aliphatic rings. The van der Waals surface area contributed by atoms with Crippen molar-refractivity contribution in [2.75, 3.05) is 18.4 Å². The van der Waals surface area contributed by atoms with E-state index in [0.29, 0.717) is 12.2 Å². The van der Waals surface area contributed by atoms with Crippen molar-refractivity contribution in [3.63, 3.8) is 0 Å². The van der Waals surface area contributed by atoms with Crippen molar-refractivity contribution in [1.29, 1.82) is 0 Å². The third-order valence-corrected chi connectivity index (χ3v) is 4.26. The predicted molar refractivity (Wildman–Crippen MR) is 87.1 cm³/mol. The maximum atomic E-state index is 5.77. The normalized spacial score (nSPS) is 23.1. The van der Waals surface area contributed by atoms with E-state index >= 15 is 0 Å². The first-order chi connectivity index (χ1) is 10.2. The Kier molecular flexibility index (Phi) is 4.53. The summed E-state index contributed by atoms with van der Waals surface area (Å²) in [6.07, 6.45) is 0.601. The number of anilines is 2. The predicted octanol–water partition coefficient (Wildman–Crippen LogP) is 3.50. The first-order valence-corrected chi connectivity index (χ1v) is 8.21. The van der Waals surface area contributed by atoms with E-state index in [4.69, 9.17) is 4.74 Å². The lowest BCUT2D eigenvalue weighted by molar-refractivity contribution is -0.0707. The largest absolute Gasteiger partial charge is 0.373 e. The van der Waals surface area contributed by atoms with Crippen LogP contribution in [0, 0.1) is 0 Å². The molecule has 112 valence electrons. The molecule has 0 radical (unpaired) electrons. The highest BCUT2D eigenvalue weighted by molar-refractivity contribution is 7.13. The summed E-state index contributed by atoms with van der Waals surface area (Å²) in [6, 6.07) is 10.2. The molecule has 1 saturated heterocycles. The Bertz CT molecular complexity index is 562. The summed E-state index contributed by atoms with van der Waals surface area (Å²) in [5, 5.41) is 6.43. The third-order valence-electron chi connectivity index (χ3n) is 3.46. The molecule has 0 aliphatic carbocycles. The Morgan fingerprint density at radius 1 is 1.24 bits per heavy atom. The summed E-state index contributed by atoms with van der Waals surface area (Å²) in [4.78, 5) is 7.09. The van der Waals surface area contributed by atoms with E-state index in [1.54, 1.807) is 11.3 Å². The highest BCUT2D eigenvalue weighted by atomic mass is 32.1. The van der Waals surface area contributed by atoms with Gasteiger partial charge in [-0.2, -0.15) is 0 Å². The molecule has 3 rings (SSSR count). The molecule has 2 heterocycles. The van der Waals surface area contributed by atoms with Crippen LogP contribution in [-0.2, 0) is 11.3 Å². The lowest BCUT2D eigenvalue weighted by atomic mass is 10.2. The second-order valence-corrected chi connectivity index (χ2v) is 6.44. The van der Waals surface area contributed by atoms with Crippen molar-refractivity contribution in [1.82, 2.24) is 9.88 Å². The van der Waals surface area contributed by atoms with Gasteiger partial charge in [-0.05, 0) is 26.0 Å². The zero-order valence-corrected chi connectivity index (χ0v) is 13.3. The van der Waals surface area contributed by atoms with Gasteiger partial charge in [-0.15, -0.1) is 11.3 Å². The lowest BCUT2D eigenvalue weighted by Gasteiger charge is -2.34. The molecule has 1 N–H and O–H groups in total. The van der Waals surface area contributed by atoms with Gasteiger partial charge >= 0.3 is 0 Å². The van der Waals surface area contributed by atoms with Gasteiger partial charge in [0.1, 0.15) is 0 Å². The van der Waals surface area contributed by atoms with Crippen LogP contribution < -0.4 is 5.32 Å². The van der Waals surface area contributed by atoms with E-state index in [9.17, 15) is 0 Å². The summed E-state index contributed by atoms with van der Waals surface area (Å²) < 4.78 is 5.77. The fourth-order valence-electron chi connectivity index (χ4n) is 2.72. The molecular weight excluding hydrogens is 282 g/mol. The number of nitrogens with one attached hydrogen (secondary N) is 1. The third kappa shape index (κ3) is 4.03. The maximum Gasteiger partial charge on any atom is 0.187 e. The zero-order valence-electron chi connectivity index (χ0n) is 12.5. The van der Waals surface area contributed by atoms with E-state index in [1.165, 1.54) is 0 Å². The van der Waals surface area contributed by atoms with Crippen LogP contribution in [0.3, 0.4) is 0 Å². The molecule has 5 heteroatoms. The number of thiazole rings is 1. The number of ether oxygens (including phenoxy) is 1. The molecule has 1 aromatic heterocycles. The highest BCUT2D eigenvalue weighted by Gasteiger charge is 2.22. The Labute approximate surface area is 129 Å². The quantitative estimate of drug-likeness (QED) is 0.938. The first-order valence-electron chi connectivity index (χ1n) is 7.33. The monoisotopic (exact) mass is 303 g/mol. The topological polar surface area (TPSA) is 37.4 Å². The van der Waals surface area contributed by atoms with Crippen molar-refractivity contribution in [3.05, 3.63) is 41.4 Å². The summed E-state index contributed by atoms with van der Waals surface area (Å²) in [6.45, 7) is 7.11. The average molecular weight is 303 g/mol. The number of benzene rings is 1. The minimum atomic E-state index is 0.300. The number of aromatic nitrogens is 1. The second-order valence-electron chi connectivity index (χ2n) is 5.59. The van der Waals surface area contributed by atoms with Crippen LogP contribution in [0.25, 0.3) is 0 Å². The van der Waals surface area contributed by atoms with Gasteiger partial charge in [0.25, 0.3) is 0 Å². The lowest BCUT2D eigenvalue weighted by Crippen LogP contribution is -2.44. The van der Waals surface area contributed by atoms with E-state index in [1.807, 2.05) is 30.3 Å². The SMILES string of the molecule is C[C@@H]1CN(Cc2csc(Nc3ccccc3)n2)C[C@@H](C)O1. The van der Waals surface area contributed by atoms with E-state index in [2.05, 4.69) is 34.4 Å². The van der Waals surface area contributed by atoms with Crippen LogP contribution in [0.2, 0.25) is 0 Å². The summed E-state index contributed by atoms with van der Waals surface area (Å²) in [5.74, 6) is 0. The summed E-state index contributed by atoms with van der Waals surface area (Å²) in [5.41, 5.74) is 2.20. The molecule has 2 aromatic rings. The number of rotatable bonds is 4. The number of para-hydroxylation sites is 1. The standard InChI is InChI=1S/C16H21N3OS/c1-12-8-19(9-13(2)20-12)10-15-11-21-16(18-15)17-14-6-4-3-5-7-14/h3-7,11-13H,8-10H2,1-2H3,(H,17,18)/t12-,13-/m1/s1. The molecule has 0 unspecified atom stereocenters. The maximum absolute atomic E-state index is 5.77. The van der Waals surface area contributed by atoms with Crippen LogP contribution in [0.1, 0.15) is 19.5 Å². The fourth-order valence-corrected chi connectivity index (χ4v) is 3.45. The van der Waals surface area contributed by atoms with Crippen molar-refractivity contribution >= 4 is 22.2 Å². The molecule has 0 spiro atoms. The van der Waals surface area contributed by atoms with Crippen molar-refractivity contribution in [3.8, 4) is 0 Å². The van der Waals surface area contributed by atoms with Gasteiger partial charge in [-0.1, -0.05) is 18.2 Å². The number of morpholine rings is 1. The average Bonchev–Trinajstić information content (AvgIpc) is 2.86. The molecule has 21 heavy (non-hydrogen) atoms. The minimum Gasteiger partial charge on any atom is -0.373 e. The van der Waals surface area contributed by atoms with Gasteiger partial charge in [0, 0.05) is 30.7 Å². The van der Waals surface area contributed by atoms with Gasteiger partial charge in [0.05, 0.1) is 17.9 Å². The molecule has 4 nitrogen and oxygen atoms in total. The molecule has 2 atom stereocenters. The minimum absolute atomic E-state index is 0.300. The van der Waals surface area contributed by atoms with Crippen LogP contribution in [-0.4, -0.2) is 35.2 Å². The smallest absolute Gasteiger partial charge is 0.187 e. The molecule has 0 bridgehead atoms. The number of hydrogen-bond donors (Lipinski definition) is 1. The fraction of sp³-hybridized carbons (Fsp3) is 0.438. The Morgan fingerprint density at radius 2 is 1.95 bits per heavy atom. The zero-order chi connectivity index (χ0) is 14.7. The first kappa shape index (κ1) is 14.5.